The van der Waals surface area contributed by atoms with Crippen LogP contribution in [-0.4, -0.2) is 49.3 Å². The largest absolute Gasteiger partial charge is 0.493 e. The molecule has 1 amide bonds. The van der Waals surface area contributed by atoms with Crippen LogP contribution in [0.2, 0.25) is 0 Å². The summed E-state index contributed by atoms with van der Waals surface area (Å²) >= 11 is 0. The van der Waals surface area contributed by atoms with E-state index in [1.54, 1.807) is 44.2 Å². The minimum atomic E-state index is -0.377. The molecule has 1 aliphatic rings. The standard InChI is InChI=1S/C15H21NO4/c1-10(17)12-6-7-16(9-12)15(18)11-4-5-13(19-2)14(8-11)20-3/h4-5,8,10,12,17H,6-7,9H2,1-3H3. The number of benzene rings is 1. The fraction of sp³-hybridized carbons (Fsp3) is 0.533. The van der Waals surface area contributed by atoms with E-state index in [0.29, 0.717) is 30.2 Å². The Morgan fingerprint density at radius 1 is 1.35 bits per heavy atom. The molecule has 1 fully saturated rings. The monoisotopic (exact) mass is 279 g/mol. The van der Waals surface area contributed by atoms with Crippen LogP contribution in [0.15, 0.2) is 18.2 Å². The maximum atomic E-state index is 12.4. The number of ether oxygens (including phenoxy) is 2. The van der Waals surface area contributed by atoms with Gasteiger partial charge in [-0.3, -0.25) is 4.79 Å². The van der Waals surface area contributed by atoms with Gasteiger partial charge in [-0.2, -0.15) is 0 Å². The average molecular weight is 279 g/mol. The second-order valence-electron chi connectivity index (χ2n) is 5.11. The average Bonchev–Trinajstić information content (AvgIpc) is 2.95. The number of carbonyl (C=O) groups is 1. The summed E-state index contributed by atoms with van der Waals surface area (Å²) < 4.78 is 10.4. The third-order valence-corrected chi connectivity index (χ3v) is 3.82. The normalized spacial score (nSPS) is 19.8. The third-order valence-electron chi connectivity index (χ3n) is 3.82. The van der Waals surface area contributed by atoms with Gasteiger partial charge in [-0.05, 0) is 31.5 Å². The quantitative estimate of drug-likeness (QED) is 0.908. The number of likely N-dealkylation sites (tertiary alicyclic amines) is 1. The van der Waals surface area contributed by atoms with Crippen molar-refractivity contribution in [1.82, 2.24) is 4.90 Å². The van der Waals surface area contributed by atoms with E-state index in [-0.39, 0.29) is 17.9 Å². The molecule has 2 atom stereocenters. The Hall–Kier alpha value is -1.75. The predicted molar refractivity (Wildman–Crippen MR) is 75.2 cm³/mol. The number of hydrogen-bond donors (Lipinski definition) is 1. The van der Waals surface area contributed by atoms with Crippen LogP contribution in [-0.2, 0) is 0 Å². The molecule has 0 aromatic heterocycles. The molecule has 0 bridgehead atoms. The van der Waals surface area contributed by atoms with Crippen molar-refractivity contribution in [3.8, 4) is 11.5 Å². The Bertz CT molecular complexity index is 487. The fourth-order valence-electron chi connectivity index (χ4n) is 2.52. The van der Waals surface area contributed by atoms with Gasteiger partial charge in [0, 0.05) is 24.6 Å². The second-order valence-corrected chi connectivity index (χ2v) is 5.11. The van der Waals surface area contributed by atoms with E-state index in [2.05, 4.69) is 0 Å². The summed E-state index contributed by atoms with van der Waals surface area (Å²) in [5.41, 5.74) is 0.578. The summed E-state index contributed by atoms with van der Waals surface area (Å²) in [6, 6.07) is 5.16. The van der Waals surface area contributed by atoms with Crippen molar-refractivity contribution >= 4 is 5.91 Å². The second kappa shape index (κ2) is 6.13. The van der Waals surface area contributed by atoms with Crippen molar-refractivity contribution in [2.45, 2.75) is 19.4 Å². The van der Waals surface area contributed by atoms with Crippen LogP contribution in [0.1, 0.15) is 23.7 Å². The summed E-state index contributed by atoms with van der Waals surface area (Å²) in [7, 11) is 3.11. The topological polar surface area (TPSA) is 59.0 Å². The van der Waals surface area contributed by atoms with E-state index in [4.69, 9.17) is 9.47 Å². The lowest BCUT2D eigenvalue weighted by Gasteiger charge is -2.18. The van der Waals surface area contributed by atoms with Gasteiger partial charge in [0.1, 0.15) is 0 Å². The molecule has 5 heteroatoms. The van der Waals surface area contributed by atoms with E-state index in [1.165, 1.54) is 0 Å². The molecule has 2 rings (SSSR count). The Morgan fingerprint density at radius 3 is 2.60 bits per heavy atom. The lowest BCUT2D eigenvalue weighted by Crippen LogP contribution is -2.30. The lowest BCUT2D eigenvalue weighted by atomic mass is 10.0. The maximum Gasteiger partial charge on any atom is 0.254 e. The number of hydrogen-bond acceptors (Lipinski definition) is 4. The molecule has 2 unspecified atom stereocenters. The van der Waals surface area contributed by atoms with Gasteiger partial charge in [0.15, 0.2) is 11.5 Å². The number of aliphatic hydroxyl groups excluding tert-OH is 1. The first-order chi connectivity index (χ1) is 9.56. The van der Waals surface area contributed by atoms with E-state index in [0.717, 1.165) is 6.42 Å². The van der Waals surface area contributed by atoms with Crippen LogP contribution in [0.3, 0.4) is 0 Å². The summed E-state index contributed by atoms with van der Waals surface area (Å²) in [6.07, 6.45) is 0.467. The zero-order valence-electron chi connectivity index (χ0n) is 12.1. The van der Waals surface area contributed by atoms with Gasteiger partial charge in [0.05, 0.1) is 20.3 Å². The first-order valence-electron chi connectivity index (χ1n) is 6.76. The van der Waals surface area contributed by atoms with E-state index >= 15 is 0 Å². The highest BCUT2D eigenvalue weighted by molar-refractivity contribution is 5.95. The zero-order chi connectivity index (χ0) is 14.7. The van der Waals surface area contributed by atoms with Crippen LogP contribution >= 0.6 is 0 Å². The van der Waals surface area contributed by atoms with Crippen LogP contribution in [0, 0.1) is 5.92 Å². The minimum absolute atomic E-state index is 0.0332. The van der Waals surface area contributed by atoms with E-state index in [9.17, 15) is 9.90 Å². The van der Waals surface area contributed by atoms with Gasteiger partial charge >= 0.3 is 0 Å². The summed E-state index contributed by atoms with van der Waals surface area (Å²) in [5, 5.41) is 9.60. The summed E-state index contributed by atoms with van der Waals surface area (Å²) in [6.45, 7) is 3.06. The van der Waals surface area contributed by atoms with E-state index < -0.39 is 0 Å². The first kappa shape index (κ1) is 14.7. The highest BCUT2D eigenvalue weighted by atomic mass is 16.5. The molecule has 110 valence electrons. The number of aliphatic hydroxyl groups is 1. The van der Waals surface area contributed by atoms with Crippen molar-refractivity contribution in [3.05, 3.63) is 23.8 Å². The van der Waals surface area contributed by atoms with Crippen LogP contribution in [0.4, 0.5) is 0 Å². The van der Waals surface area contributed by atoms with Crippen molar-refractivity contribution < 1.29 is 19.4 Å². The molecule has 20 heavy (non-hydrogen) atoms. The Kier molecular flexibility index (Phi) is 4.49. The van der Waals surface area contributed by atoms with E-state index in [1.807, 2.05) is 0 Å². The van der Waals surface area contributed by atoms with Gasteiger partial charge in [0.25, 0.3) is 5.91 Å². The first-order valence-corrected chi connectivity index (χ1v) is 6.76. The molecular weight excluding hydrogens is 258 g/mol. The number of rotatable bonds is 4. The SMILES string of the molecule is COc1ccc(C(=O)N2CCC(C(C)O)C2)cc1OC. The highest BCUT2D eigenvalue weighted by Gasteiger charge is 2.29. The Labute approximate surface area is 119 Å². The molecule has 1 saturated heterocycles. The van der Waals surface area contributed by atoms with Gasteiger partial charge in [0.2, 0.25) is 0 Å². The molecule has 1 aromatic rings. The molecule has 0 saturated carbocycles. The maximum absolute atomic E-state index is 12.4. The van der Waals surface area contributed by atoms with Gasteiger partial charge < -0.3 is 19.5 Å². The van der Waals surface area contributed by atoms with Crippen LogP contribution < -0.4 is 9.47 Å². The minimum Gasteiger partial charge on any atom is -0.493 e. The molecule has 1 N–H and O–H groups in total. The molecule has 0 radical (unpaired) electrons. The number of nitrogens with zero attached hydrogens (tertiary/aromatic N) is 1. The van der Waals surface area contributed by atoms with Gasteiger partial charge in [-0.25, -0.2) is 0 Å². The zero-order valence-corrected chi connectivity index (χ0v) is 12.1. The smallest absolute Gasteiger partial charge is 0.254 e. The molecular formula is C15H21NO4. The Balaban J connectivity index is 2.14. The third kappa shape index (κ3) is 2.88. The van der Waals surface area contributed by atoms with Gasteiger partial charge in [-0.15, -0.1) is 0 Å². The molecule has 1 aromatic carbocycles. The van der Waals surface area contributed by atoms with Crippen molar-refractivity contribution in [2.75, 3.05) is 27.3 Å². The molecule has 0 aliphatic carbocycles. The number of carbonyl (C=O) groups excluding carboxylic acids is 1. The molecule has 1 aliphatic heterocycles. The Morgan fingerprint density at radius 2 is 2.05 bits per heavy atom. The van der Waals surface area contributed by atoms with Crippen molar-refractivity contribution in [3.63, 3.8) is 0 Å². The van der Waals surface area contributed by atoms with Crippen LogP contribution in [0.5, 0.6) is 11.5 Å². The summed E-state index contributed by atoms with van der Waals surface area (Å²) in [5.74, 6) is 1.28. The number of methoxy groups -OCH3 is 2. The molecule has 0 spiro atoms. The summed E-state index contributed by atoms with van der Waals surface area (Å²) in [4.78, 5) is 14.2. The van der Waals surface area contributed by atoms with Crippen molar-refractivity contribution in [2.24, 2.45) is 5.92 Å². The lowest BCUT2D eigenvalue weighted by molar-refractivity contribution is 0.0762. The van der Waals surface area contributed by atoms with Crippen molar-refractivity contribution in [1.29, 1.82) is 0 Å². The predicted octanol–water partition coefficient (Wildman–Crippen LogP) is 1.55. The molecule has 5 nitrogen and oxygen atoms in total. The number of amides is 1. The van der Waals surface area contributed by atoms with Crippen LogP contribution in [0.25, 0.3) is 0 Å². The van der Waals surface area contributed by atoms with Gasteiger partial charge in [-0.1, -0.05) is 0 Å². The highest BCUT2D eigenvalue weighted by Crippen LogP contribution is 2.29. The fourth-order valence-corrected chi connectivity index (χ4v) is 2.52. The molecule has 1 heterocycles.